The molecule has 0 aliphatic carbocycles. The van der Waals surface area contributed by atoms with Gasteiger partial charge in [-0.25, -0.2) is 4.98 Å². The lowest BCUT2D eigenvalue weighted by Crippen LogP contribution is -2.14. The molecule has 0 aliphatic rings. The summed E-state index contributed by atoms with van der Waals surface area (Å²) in [6.45, 7) is 5.06. The molecule has 4 heteroatoms. The Morgan fingerprint density at radius 3 is 2.87 bits per heavy atom. The Balaban J connectivity index is 2.66. The van der Waals surface area contributed by atoms with Gasteiger partial charge in [-0.1, -0.05) is 26.7 Å². The van der Waals surface area contributed by atoms with Crippen molar-refractivity contribution in [2.45, 2.75) is 39.5 Å². The number of rotatable bonds is 6. The molecule has 1 aromatic heterocycles. The van der Waals surface area contributed by atoms with Crippen LogP contribution in [0.5, 0.6) is 0 Å². The Bertz CT molecular complexity index is 346. The van der Waals surface area contributed by atoms with Crippen molar-refractivity contribution in [2.24, 2.45) is 0 Å². The highest BCUT2D eigenvalue weighted by Crippen LogP contribution is 2.00. The number of nitrogens with zero attached hydrogens (tertiary/aromatic N) is 1. The van der Waals surface area contributed by atoms with Crippen molar-refractivity contribution in [3.8, 4) is 0 Å². The Morgan fingerprint density at radius 1 is 1.40 bits per heavy atom. The molecule has 1 aromatic rings. The minimum atomic E-state index is -0.0764. The molecule has 0 unspecified atom stereocenters. The van der Waals surface area contributed by atoms with E-state index in [9.17, 15) is 4.79 Å². The first kappa shape index (κ1) is 11.8. The summed E-state index contributed by atoms with van der Waals surface area (Å²) in [7, 11) is 0. The molecule has 2 N–H and O–H groups in total. The third-order valence-corrected chi connectivity index (χ3v) is 2.12. The number of unbranched alkanes of at least 4 members (excludes halogenated alkanes) is 1. The standard InChI is InChI=1S/C11H19N3O/c1-3-5-7-12-11-13-9(6-4-2)8-10(15)14-11/h8H,3-7H2,1-2H3,(H2,12,13,14,15). The lowest BCUT2D eigenvalue weighted by atomic mass is 10.2. The molecule has 0 amide bonds. The van der Waals surface area contributed by atoms with E-state index in [1.165, 1.54) is 0 Å². The van der Waals surface area contributed by atoms with Crippen molar-refractivity contribution in [1.29, 1.82) is 0 Å². The minimum Gasteiger partial charge on any atom is -0.356 e. The van der Waals surface area contributed by atoms with Gasteiger partial charge in [0.05, 0.1) is 0 Å². The number of aryl methyl sites for hydroxylation is 1. The van der Waals surface area contributed by atoms with Crippen LogP contribution in [0.25, 0.3) is 0 Å². The van der Waals surface area contributed by atoms with Crippen LogP contribution < -0.4 is 10.9 Å². The Morgan fingerprint density at radius 2 is 2.20 bits per heavy atom. The maximum absolute atomic E-state index is 11.3. The van der Waals surface area contributed by atoms with Crippen molar-refractivity contribution in [3.63, 3.8) is 0 Å². The SMILES string of the molecule is CCCCNc1nc(CCC)cc(=O)[nH]1. The van der Waals surface area contributed by atoms with E-state index in [1.54, 1.807) is 6.07 Å². The fraction of sp³-hybridized carbons (Fsp3) is 0.636. The number of aromatic amines is 1. The van der Waals surface area contributed by atoms with E-state index >= 15 is 0 Å². The number of H-pyrrole nitrogens is 1. The first-order valence-electron chi connectivity index (χ1n) is 5.60. The average Bonchev–Trinajstić information content (AvgIpc) is 2.18. The normalized spacial score (nSPS) is 10.3. The molecule has 0 atom stereocenters. The van der Waals surface area contributed by atoms with Crippen LogP contribution in [0.4, 0.5) is 5.95 Å². The number of aromatic nitrogens is 2. The molecule has 4 nitrogen and oxygen atoms in total. The minimum absolute atomic E-state index is 0.0764. The van der Waals surface area contributed by atoms with Crippen molar-refractivity contribution >= 4 is 5.95 Å². The lowest BCUT2D eigenvalue weighted by Gasteiger charge is -2.05. The highest BCUT2D eigenvalue weighted by atomic mass is 16.1. The fourth-order valence-corrected chi connectivity index (χ4v) is 1.36. The Labute approximate surface area is 90.1 Å². The summed E-state index contributed by atoms with van der Waals surface area (Å²) in [5.74, 6) is 0.597. The molecule has 0 aromatic carbocycles. The molecule has 0 radical (unpaired) electrons. The zero-order valence-corrected chi connectivity index (χ0v) is 9.47. The second kappa shape index (κ2) is 6.22. The van der Waals surface area contributed by atoms with Gasteiger partial charge < -0.3 is 5.32 Å². The summed E-state index contributed by atoms with van der Waals surface area (Å²) in [6, 6.07) is 1.56. The van der Waals surface area contributed by atoms with E-state index < -0.39 is 0 Å². The van der Waals surface area contributed by atoms with Crippen molar-refractivity contribution in [1.82, 2.24) is 9.97 Å². The van der Waals surface area contributed by atoms with Crippen LogP contribution in [0.2, 0.25) is 0 Å². The topological polar surface area (TPSA) is 57.8 Å². The molecule has 0 fully saturated rings. The molecule has 1 rings (SSSR count). The summed E-state index contributed by atoms with van der Waals surface area (Å²) in [5, 5.41) is 3.12. The van der Waals surface area contributed by atoms with Crippen LogP contribution >= 0.6 is 0 Å². The molecule has 15 heavy (non-hydrogen) atoms. The molecule has 0 saturated heterocycles. The summed E-state index contributed by atoms with van der Waals surface area (Å²) in [4.78, 5) is 18.3. The summed E-state index contributed by atoms with van der Waals surface area (Å²) >= 11 is 0. The average molecular weight is 209 g/mol. The van der Waals surface area contributed by atoms with Crippen LogP contribution in [-0.2, 0) is 6.42 Å². The summed E-state index contributed by atoms with van der Waals surface area (Å²) < 4.78 is 0. The smallest absolute Gasteiger partial charge is 0.252 e. The molecule has 0 spiro atoms. The third-order valence-electron chi connectivity index (χ3n) is 2.12. The maximum atomic E-state index is 11.3. The van der Waals surface area contributed by atoms with Gasteiger partial charge in [0.15, 0.2) is 0 Å². The van der Waals surface area contributed by atoms with Crippen molar-refractivity contribution < 1.29 is 0 Å². The molecule has 0 aliphatic heterocycles. The van der Waals surface area contributed by atoms with Gasteiger partial charge in [0.1, 0.15) is 0 Å². The van der Waals surface area contributed by atoms with Gasteiger partial charge in [-0.2, -0.15) is 0 Å². The maximum Gasteiger partial charge on any atom is 0.252 e. The zero-order chi connectivity index (χ0) is 11.1. The van der Waals surface area contributed by atoms with Gasteiger partial charge in [-0.15, -0.1) is 0 Å². The highest BCUT2D eigenvalue weighted by Gasteiger charge is 1.99. The van der Waals surface area contributed by atoms with E-state index in [0.717, 1.165) is 37.9 Å². The Hall–Kier alpha value is -1.32. The predicted octanol–water partition coefficient (Wildman–Crippen LogP) is 1.93. The first-order valence-corrected chi connectivity index (χ1v) is 5.60. The number of hydrogen-bond acceptors (Lipinski definition) is 3. The summed E-state index contributed by atoms with van der Waals surface area (Å²) in [6.07, 6.45) is 4.07. The van der Waals surface area contributed by atoms with Gasteiger partial charge in [0.25, 0.3) is 5.56 Å². The van der Waals surface area contributed by atoms with Crippen molar-refractivity contribution in [3.05, 3.63) is 22.1 Å². The largest absolute Gasteiger partial charge is 0.356 e. The molecule has 84 valence electrons. The van der Waals surface area contributed by atoms with Crippen LogP contribution in [0.15, 0.2) is 10.9 Å². The van der Waals surface area contributed by atoms with Crippen LogP contribution in [0.3, 0.4) is 0 Å². The van der Waals surface area contributed by atoms with Gasteiger partial charge in [0.2, 0.25) is 5.95 Å². The first-order chi connectivity index (χ1) is 7.26. The number of hydrogen-bond donors (Lipinski definition) is 2. The third kappa shape index (κ3) is 4.14. The molecular formula is C11H19N3O. The predicted molar refractivity (Wildman–Crippen MR) is 62.3 cm³/mol. The second-order valence-corrected chi connectivity index (χ2v) is 3.62. The van der Waals surface area contributed by atoms with Gasteiger partial charge in [-0.05, 0) is 12.8 Å². The fourth-order valence-electron chi connectivity index (χ4n) is 1.36. The number of nitrogens with one attached hydrogen (secondary N) is 2. The van der Waals surface area contributed by atoms with Crippen LogP contribution in [-0.4, -0.2) is 16.5 Å². The molecule has 0 bridgehead atoms. The zero-order valence-electron chi connectivity index (χ0n) is 9.47. The monoisotopic (exact) mass is 209 g/mol. The van der Waals surface area contributed by atoms with Crippen LogP contribution in [0, 0.1) is 0 Å². The molecular weight excluding hydrogens is 190 g/mol. The lowest BCUT2D eigenvalue weighted by molar-refractivity contribution is 0.816. The highest BCUT2D eigenvalue weighted by molar-refractivity contribution is 5.24. The van der Waals surface area contributed by atoms with Crippen molar-refractivity contribution in [2.75, 3.05) is 11.9 Å². The van der Waals surface area contributed by atoms with E-state index in [-0.39, 0.29) is 5.56 Å². The quantitative estimate of drug-likeness (QED) is 0.704. The van der Waals surface area contributed by atoms with Gasteiger partial charge in [-0.3, -0.25) is 9.78 Å². The Kier molecular flexibility index (Phi) is 4.87. The van der Waals surface area contributed by atoms with E-state index in [1.807, 2.05) is 0 Å². The van der Waals surface area contributed by atoms with E-state index in [4.69, 9.17) is 0 Å². The summed E-state index contributed by atoms with van der Waals surface area (Å²) in [5.41, 5.74) is 0.785. The van der Waals surface area contributed by atoms with Gasteiger partial charge >= 0.3 is 0 Å². The van der Waals surface area contributed by atoms with Gasteiger partial charge in [0, 0.05) is 18.3 Å². The number of anilines is 1. The van der Waals surface area contributed by atoms with E-state index in [0.29, 0.717) is 5.95 Å². The molecule has 1 heterocycles. The molecule has 0 saturated carbocycles. The second-order valence-electron chi connectivity index (χ2n) is 3.62. The van der Waals surface area contributed by atoms with Crippen LogP contribution in [0.1, 0.15) is 38.8 Å². The van der Waals surface area contributed by atoms with E-state index in [2.05, 4.69) is 29.1 Å².